The van der Waals surface area contributed by atoms with Crippen LogP contribution in [-0.4, -0.2) is 26.3 Å². The van der Waals surface area contributed by atoms with Crippen molar-refractivity contribution in [2.24, 2.45) is 0 Å². The van der Waals surface area contributed by atoms with Crippen molar-refractivity contribution in [3.8, 4) is 5.69 Å². The molecule has 0 aliphatic carbocycles. The van der Waals surface area contributed by atoms with Gasteiger partial charge in [0.05, 0.1) is 33.8 Å². The van der Waals surface area contributed by atoms with Gasteiger partial charge in [-0.15, -0.1) is 0 Å². The second kappa shape index (κ2) is 7.53. The van der Waals surface area contributed by atoms with Crippen LogP contribution in [0.3, 0.4) is 0 Å². The van der Waals surface area contributed by atoms with Gasteiger partial charge in [0.1, 0.15) is 11.6 Å². The quantitative estimate of drug-likeness (QED) is 0.456. The summed E-state index contributed by atoms with van der Waals surface area (Å²) in [4.78, 5) is 45.7. The van der Waals surface area contributed by atoms with E-state index in [1.165, 1.54) is 33.7 Å². The SMILES string of the molecule is CCC(c1nc2ccccc2c(=O)n1-c1ccc(F)cc1)N1C(=O)c2ccccc2C1=O. The number of fused-ring (bicyclic) bond motifs is 2. The fourth-order valence-electron chi connectivity index (χ4n) is 4.18. The number of rotatable bonds is 4. The lowest BCUT2D eigenvalue weighted by atomic mass is 10.1. The average molecular weight is 427 g/mol. The van der Waals surface area contributed by atoms with Crippen molar-refractivity contribution in [3.05, 3.63) is 106 Å². The summed E-state index contributed by atoms with van der Waals surface area (Å²) in [5, 5.41) is 0.387. The summed E-state index contributed by atoms with van der Waals surface area (Å²) in [6, 6.07) is 18.2. The molecule has 0 radical (unpaired) electrons. The van der Waals surface area contributed by atoms with E-state index in [1.54, 1.807) is 48.5 Å². The Morgan fingerprint density at radius 2 is 1.44 bits per heavy atom. The molecule has 0 saturated heterocycles. The number of carbonyl (C=O) groups is 2. The van der Waals surface area contributed by atoms with Crippen LogP contribution in [0, 0.1) is 5.82 Å². The van der Waals surface area contributed by atoms with E-state index in [9.17, 15) is 18.8 Å². The van der Waals surface area contributed by atoms with Crippen LogP contribution in [0.5, 0.6) is 0 Å². The summed E-state index contributed by atoms with van der Waals surface area (Å²) in [6.45, 7) is 1.82. The number of nitrogens with zero attached hydrogens (tertiary/aromatic N) is 3. The number of hydrogen-bond acceptors (Lipinski definition) is 4. The maximum Gasteiger partial charge on any atom is 0.266 e. The highest BCUT2D eigenvalue weighted by molar-refractivity contribution is 6.21. The van der Waals surface area contributed by atoms with Gasteiger partial charge in [-0.05, 0) is 55.0 Å². The molecule has 0 saturated carbocycles. The predicted molar refractivity (Wildman–Crippen MR) is 117 cm³/mol. The Bertz CT molecular complexity index is 1410. The van der Waals surface area contributed by atoms with Gasteiger partial charge < -0.3 is 0 Å². The monoisotopic (exact) mass is 427 g/mol. The van der Waals surface area contributed by atoms with Crippen LogP contribution in [0.15, 0.2) is 77.6 Å². The number of aromatic nitrogens is 2. The van der Waals surface area contributed by atoms with Crippen LogP contribution in [0.1, 0.15) is 45.9 Å². The third-order valence-electron chi connectivity index (χ3n) is 5.71. The summed E-state index contributed by atoms with van der Waals surface area (Å²) in [7, 11) is 0. The molecule has 0 N–H and O–H groups in total. The van der Waals surface area contributed by atoms with Gasteiger partial charge in [0.2, 0.25) is 0 Å². The highest BCUT2D eigenvalue weighted by Gasteiger charge is 2.41. The van der Waals surface area contributed by atoms with Gasteiger partial charge in [0.25, 0.3) is 17.4 Å². The normalized spacial score (nSPS) is 14.1. The molecule has 2 amide bonds. The van der Waals surface area contributed by atoms with Crippen molar-refractivity contribution in [1.29, 1.82) is 0 Å². The smallest absolute Gasteiger partial charge is 0.266 e. The van der Waals surface area contributed by atoms with Crippen LogP contribution < -0.4 is 5.56 Å². The molecule has 1 aromatic heterocycles. The number of imide groups is 1. The summed E-state index contributed by atoms with van der Waals surface area (Å²) in [6.07, 6.45) is 0.345. The minimum Gasteiger partial charge on any atom is -0.269 e. The van der Waals surface area contributed by atoms with Crippen LogP contribution in [0.2, 0.25) is 0 Å². The lowest BCUT2D eigenvalue weighted by Gasteiger charge is -2.27. The lowest BCUT2D eigenvalue weighted by molar-refractivity contribution is 0.0568. The molecule has 4 aromatic rings. The van der Waals surface area contributed by atoms with Crippen LogP contribution >= 0.6 is 0 Å². The Morgan fingerprint density at radius 1 is 0.844 bits per heavy atom. The van der Waals surface area contributed by atoms with Crippen molar-refractivity contribution in [3.63, 3.8) is 0 Å². The molecule has 0 spiro atoms. The van der Waals surface area contributed by atoms with Gasteiger partial charge in [-0.2, -0.15) is 0 Å². The molecule has 158 valence electrons. The first-order valence-electron chi connectivity index (χ1n) is 10.3. The number of hydrogen-bond donors (Lipinski definition) is 0. The Hall–Kier alpha value is -4.13. The number of carbonyl (C=O) groups excluding carboxylic acids is 2. The van der Waals surface area contributed by atoms with Crippen molar-refractivity contribution in [2.45, 2.75) is 19.4 Å². The number of amides is 2. The first-order chi connectivity index (χ1) is 15.5. The number of benzene rings is 3. The molecule has 0 bridgehead atoms. The molecule has 1 atom stereocenters. The fourth-order valence-corrected chi connectivity index (χ4v) is 4.18. The third kappa shape index (κ3) is 2.93. The van der Waals surface area contributed by atoms with Crippen molar-refractivity contribution >= 4 is 22.7 Å². The zero-order valence-corrected chi connectivity index (χ0v) is 17.2. The minimum atomic E-state index is -0.787. The van der Waals surface area contributed by atoms with Crippen molar-refractivity contribution in [2.75, 3.05) is 0 Å². The molecule has 1 aliphatic heterocycles. The summed E-state index contributed by atoms with van der Waals surface area (Å²) < 4.78 is 14.9. The van der Waals surface area contributed by atoms with E-state index in [-0.39, 0.29) is 11.4 Å². The molecule has 2 heterocycles. The summed E-state index contributed by atoms with van der Waals surface area (Å²) in [5.74, 6) is -1.04. The van der Waals surface area contributed by atoms with E-state index in [2.05, 4.69) is 0 Å². The van der Waals surface area contributed by atoms with Gasteiger partial charge in [-0.3, -0.25) is 23.9 Å². The standard InChI is InChI=1S/C25H18FN3O3/c1-2-21(29-23(30)17-7-3-4-8-18(17)24(29)31)22-27-20-10-6-5-9-19(20)25(32)28(22)16-13-11-15(26)12-14-16/h3-14,21H,2H2,1H3. The van der Waals surface area contributed by atoms with E-state index < -0.39 is 23.7 Å². The Kier molecular flexibility index (Phi) is 4.66. The van der Waals surface area contributed by atoms with Crippen molar-refractivity contribution in [1.82, 2.24) is 14.5 Å². The zero-order valence-electron chi connectivity index (χ0n) is 17.2. The van der Waals surface area contributed by atoms with Crippen LogP contribution in [-0.2, 0) is 0 Å². The molecule has 32 heavy (non-hydrogen) atoms. The minimum absolute atomic E-state index is 0.248. The predicted octanol–water partition coefficient (Wildman–Crippen LogP) is 4.27. The Labute approximate surface area is 182 Å². The topological polar surface area (TPSA) is 72.3 Å². The van der Waals surface area contributed by atoms with Gasteiger partial charge in [0.15, 0.2) is 0 Å². The third-order valence-corrected chi connectivity index (χ3v) is 5.71. The first kappa shape index (κ1) is 19.8. The maximum atomic E-state index is 13.6. The van der Waals surface area contributed by atoms with Crippen LogP contribution in [0.4, 0.5) is 4.39 Å². The van der Waals surface area contributed by atoms with Gasteiger partial charge in [0, 0.05) is 0 Å². The maximum absolute atomic E-state index is 13.6. The van der Waals surface area contributed by atoms with E-state index in [0.717, 1.165) is 0 Å². The highest BCUT2D eigenvalue weighted by atomic mass is 19.1. The summed E-state index contributed by atoms with van der Waals surface area (Å²) >= 11 is 0. The van der Waals surface area contributed by atoms with Gasteiger partial charge >= 0.3 is 0 Å². The van der Waals surface area contributed by atoms with Crippen LogP contribution in [0.25, 0.3) is 16.6 Å². The molecule has 7 heteroatoms. The van der Waals surface area contributed by atoms with Gasteiger partial charge in [-0.1, -0.05) is 31.2 Å². The largest absolute Gasteiger partial charge is 0.269 e. The second-order valence-electron chi connectivity index (χ2n) is 7.55. The molecule has 0 fully saturated rings. The van der Waals surface area contributed by atoms with E-state index in [0.29, 0.717) is 34.1 Å². The number of halogens is 1. The lowest BCUT2D eigenvalue weighted by Crippen LogP contribution is -2.38. The molecule has 1 aliphatic rings. The highest BCUT2D eigenvalue weighted by Crippen LogP contribution is 2.33. The van der Waals surface area contributed by atoms with E-state index in [1.807, 2.05) is 6.92 Å². The molecule has 6 nitrogen and oxygen atoms in total. The number of para-hydroxylation sites is 1. The zero-order chi connectivity index (χ0) is 22.4. The second-order valence-corrected chi connectivity index (χ2v) is 7.55. The molecular formula is C25H18FN3O3. The Morgan fingerprint density at radius 3 is 2.06 bits per heavy atom. The fraction of sp³-hybridized carbons (Fsp3) is 0.120. The van der Waals surface area contributed by atoms with E-state index >= 15 is 0 Å². The van der Waals surface area contributed by atoms with Crippen molar-refractivity contribution < 1.29 is 14.0 Å². The molecular weight excluding hydrogens is 409 g/mol. The molecule has 1 unspecified atom stereocenters. The average Bonchev–Trinajstić information content (AvgIpc) is 3.06. The molecule has 3 aromatic carbocycles. The van der Waals surface area contributed by atoms with Gasteiger partial charge in [-0.25, -0.2) is 9.37 Å². The summed E-state index contributed by atoms with van der Waals surface area (Å²) in [5.41, 5.74) is 1.16. The van der Waals surface area contributed by atoms with E-state index in [4.69, 9.17) is 4.98 Å². The first-order valence-corrected chi connectivity index (χ1v) is 10.3. The Balaban J connectivity index is 1.76. The molecule has 5 rings (SSSR count).